The molecule has 0 radical (unpaired) electrons. The van der Waals surface area contributed by atoms with Gasteiger partial charge in [-0.2, -0.15) is 0 Å². The maximum Gasteiger partial charge on any atom is 0.169 e. The van der Waals surface area contributed by atoms with Crippen LogP contribution >= 0.6 is 0 Å². The summed E-state index contributed by atoms with van der Waals surface area (Å²) in [5, 5.41) is 12.9. The quantitative estimate of drug-likeness (QED) is 0.617. The van der Waals surface area contributed by atoms with Crippen LogP contribution in [0.3, 0.4) is 0 Å². The fourth-order valence-electron chi connectivity index (χ4n) is 4.48. The van der Waals surface area contributed by atoms with Crippen LogP contribution in [-0.4, -0.2) is 62.7 Å². The van der Waals surface area contributed by atoms with E-state index in [0.717, 1.165) is 64.4 Å². The summed E-state index contributed by atoms with van der Waals surface area (Å²) in [6, 6.07) is 10.8. The Hall–Kier alpha value is -2.57. The highest BCUT2D eigenvalue weighted by Gasteiger charge is 2.33. The third kappa shape index (κ3) is 5.77. The van der Waals surface area contributed by atoms with Crippen molar-refractivity contribution in [1.29, 1.82) is 0 Å². The standard InChI is InChI=1S/C25H34N6/c1-2-3-17-31-25(26-27-28-31)24(23-14-8-5-9-15-23)30-20-18-29(19-21-30)16-10-13-22-11-6-4-7-12-22/h4-14,23-24H,2-3,15-21H2,1H3/b13-10+/t23?,24-/m0/s1. The van der Waals surface area contributed by atoms with E-state index < -0.39 is 0 Å². The van der Waals surface area contributed by atoms with Crippen LogP contribution in [0.5, 0.6) is 0 Å². The van der Waals surface area contributed by atoms with Gasteiger partial charge < -0.3 is 0 Å². The van der Waals surface area contributed by atoms with E-state index in [4.69, 9.17) is 0 Å². The van der Waals surface area contributed by atoms with Crippen LogP contribution in [0.25, 0.3) is 6.08 Å². The Morgan fingerprint density at radius 1 is 1.10 bits per heavy atom. The van der Waals surface area contributed by atoms with E-state index >= 15 is 0 Å². The number of hydrogen-bond acceptors (Lipinski definition) is 5. The van der Waals surface area contributed by atoms with Gasteiger partial charge in [0, 0.05) is 45.2 Å². The zero-order chi connectivity index (χ0) is 21.3. The molecule has 1 unspecified atom stereocenters. The molecule has 2 heterocycles. The van der Waals surface area contributed by atoms with Crippen LogP contribution in [0.4, 0.5) is 0 Å². The number of aryl methyl sites for hydroxylation is 1. The molecule has 6 nitrogen and oxygen atoms in total. The third-order valence-electron chi connectivity index (χ3n) is 6.24. The predicted molar refractivity (Wildman–Crippen MR) is 125 cm³/mol. The van der Waals surface area contributed by atoms with Gasteiger partial charge in [-0.1, -0.05) is 80.1 Å². The van der Waals surface area contributed by atoms with Crippen molar-refractivity contribution in [3.05, 3.63) is 72.1 Å². The van der Waals surface area contributed by atoms with Gasteiger partial charge in [-0.05, 0) is 28.8 Å². The van der Waals surface area contributed by atoms with E-state index in [1.807, 2.05) is 4.68 Å². The SMILES string of the molecule is CCCCn1nnnc1[C@H](C1C=CC=CC1)N1CCN(C/C=C/c2ccccc2)CC1. The molecule has 0 N–H and O–H groups in total. The monoisotopic (exact) mass is 418 g/mol. The van der Waals surface area contributed by atoms with Crippen molar-refractivity contribution in [3.8, 4) is 0 Å². The van der Waals surface area contributed by atoms with E-state index in [1.54, 1.807) is 0 Å². The second-order valence-electron chi connectivity index (χ2n) is 8.42. The van der Waals surface area contributed by atoms with E-state index in [2.05, 4.69) is 99.0 Å². The lowest BCUT2D eigenvalue weighted by Gasteiger charge is -2.41. The van der Waals surface area contributed by atoms with Crippen LogP contribution in [0.2, 0.25) is 0 Å². The lowest BCUT2D eigenvalue weighted by molar-refractivity contribution is 0.0771. The molecular formula is C25H34N6. The van der Waals surface area contributed by atoms with Gasteiger partial charge in [0.1, 0.15) is 0 Å². The summed E-state index contributed by atoms with van der Waals surface area (Å²) >= 11 is 0. The molecule has 1 saturated heterocycles. The van der Waals surface area contributed by atoms with Crippen molar-refractivity contribution >= 4 is 6.08 Å². The Morgan fingerprint density at radius 3 is 2.68 bits per heavy atom. The van der Waals surface area contributed by atoms with Crippen molar-refractivity contribution in [1.82, 2.24) is 30.0 Å². The highest BCUT2D eigenvalue weighted by Crippen LogP contribution is 2.33. The fraction of sp³-hybridized carbons (Fsp3) is 0.480. The normalized spacial score (nSPS) is 21.1. The smallest absolute Gasteiger partial charge is 0.169 e. The third-order valence-corrected chi connectivity index (χ3v) is 6.24. The van der Waals surface area contributed by atoms with Gasteiger partial charge in [0.2, 0.25) is 0 Å². The van der Waals surface area contributed by atoms with Crippen LogP contribution < -0.4 is 0 Å². The number of aromatic nitrogens is 4. The number of tetrazole rings is 1. The maximum absolute atomic E-state index is 4.50. The molecule has 0 bridgehead atoms. The zero-order valence-electron chi connectivity index (χ0n) is 18.6. The molecular weight excluding hydrogens is 384 g/mol. The number of unbranched alkanes of at least 4 members (excludes halogenated alkanes) is 1. The first-order valence-electron chi connectivity index (χ1n) is 11.6. The first-order valence-corrected chi connectivity index (χ1v) is 11.6. The van der Waals surface area contributed by atoms with Gasteiger partial charge in [0.25, 0.3) is 0 Å². The number of piperazine rings is 1. The van der Waals surface area contributed by atoms with E-state index in [0.29, 0.717) is 5.92 Å². The second-order valence-corrected chi connectivity index (χ2v) is 8.42. The van der Waals surface area contributed by atoms with Crippen LogP contribution in [-0.2, 0) is 6.54 Å². The van der Waals surface area contributed by atoms with Gasteiger partial charge in [0.15, 0.2) is 5.82 Å². The summed E-state index contributed by atoms with van der Waals surface area (Å²) in [5.74, 6) is 1.44. The Balaban J connectivity index is 1.40. The molecule has 2 aliphatic rings. The maximum atomic E-state index is 4.50. The number of hydrogen-bond donors (Lipinski definition) is 0. The van der Waals surface area contributed by atoms with E-state index in [9.17, 15) is 0 Å². The molecule has 0 saturated carbocycles. The minimum atomic E-state index is 0.232. The largest absolute Gasteiger partial charge is 0.297 e. The Morgan fingerprint density at radius 2 is 1.94 bits per heavy atom. The van der Waals surface area contributed by atoms with Crippen molar-refractivity contribution < 1.29 is 0 Å². The van der Waals surface area contributed by atoms with Gasteiger partial charge in [-0.15, -0.1) is 5.10 Å². The molecule has 2 aromatic rings. The van der Waals surface area contributed by atoms with Crippen LogP contribution in [0, 0.1) is 5.92 Å². The van der Waals surface area contributed by atoms with Gasteiger partial charge in [0.05, 0.1) is 6.04 Å². The van der Waals surface area contributed by atoms with Crippen LogP contribution in [0.15, 0.2) is 60.7 Å². The number of nitrogens with zero attached hydrogens (tertiary/aromatic N) is 6. The van der Waals surface area contributed by atoms with Gasteiger partial charge >= 0.3 is 0 Å². The Bertz CT molecular complexity index is 876. The molecule has 0 amide bonds. The zero-order valence-corrected chi connectivity index (χ0v) is 18.6. The molecule has 0 spiro atoms. The molecule has 164 valence electrons. The minimum Gasteiger partial charge on any atom is -0.297 e. The van der Waals surface area contributed by atoms with E-state index in [1.165, 1.54) is 5.56 Å². The first kappa shape index (κ1) is 21.7. The van der Waals surface area contributed by atoms with Gasteiger partial charge in [-0.3, -0.25) is 9.80 Å². The average Bonchev–Trinajstić information content (AvgIpc) is 3.28. The Labute approximate surface area is 185 Å². The minimum absolute atomic E-state index is 0.232. The molecule has 1 aromatic heterocycles. The Kier molecular flexibility index (Phi) is 7.80. The summed E-state index contributed by atoms with van der Waals surface area (Å²) in [4.78, 5) is 5.13. The molecule has 2 atom stereocenters. The fourth-order valence-corrected chi connectivity index (χ4v) is 4.48. The first-order chi connectivity index (χ1) is 15.3. The second kappa shape index (κ2) is 11.2. The highest BCUT2D eigenvalue weighted by molar-refractivity contribution is 5.48. The lowest BCUT2D eigenvalue weighted by atomic mass is 9.90. The molecule has 6 heteroatoms. The molecule has 1 fully saturated rings. The van der Waals surface area contributed by atoms with Crippen LogP contribution in [0.1, 0.15) is 43.6 Å². The molecule has 1 aliphatic heterocycles. The molecule has 1 aromatic carbocycles. The van der Waals surface area contributed by atoms with Crippen molar-refractivity contribution in [3.63, 3.8) is 0 Å². The average molecular weight is 419 g/mol. The summed E-state index contributed by atoms with van der Waals surface area (Å²) in [6.07, 6.45) is 16.7. The summed E-state index contributed by atoms with van der Waals surface area (Å²) < 4.78 is 2.04. The highest BCUT2D eigenvalue weighted by atomic mass is 15.6. The lowest BCUT2D eigenvalue weighted by Crippen LogP contribution is -2.49. The van der Waals surface area contributed by atoms with Crippen molar-refractivity contribution in [2.45, 2.75) is 38.8 Å². The summed E-state index contributed by atoms with van der Waals surface area (Å²) in [6.45, 7) is 8.31. The summed E-state index contributed by atoms with van der Waals surface area (Å²) in [7, 11) is 0. The summed E-state index contributed by atoms with van der Waals surface area (Å²) in [5.41, 5.74) is 1.26. The number of allylic oxidation sites excluding steroid dienone is 3. The number of rotatable bonds is 9. The van der Waals surface area contributed by atoms with Crippen molar-refractivity contribution in [2.75, 3.05) is 32.7 Å². The van der Waals surface area contributed by atoms with E-state index in [-0.39, 0.29) is 6.04 Å². The van der Waals surface area contributed by atoms with Gasteiger partial charge in [-0.25, -0.2) is 4.68 Å². The molecule has 31 heavy (non-hydrogen) atoms. The molecule has 4 rings (SSSR count). The molecule has 1 aliphatic carbocycles. The predicted octanol–water partition coefficient (Wildman–Crippen LogP) is 3.98. The van der Waals surface area contributed by atoms with Crippen molar-refractivity contribution in [2.24, 2.45) is 5.92 Å². The number of benzene rings is 1. The topological polar surface area (TPSA) is 50.1 Å².